The first kappa shape index (κ1) is 15.5. The lowest BCUT2D eigenvalue weighted by atomic mass is 9.98. The molecule has 1 aliphatic rings. The Hall–Kier alpha value is -0.920. The monoisotopic (exact) mass is 300 g/mol. The van der Waals surface area contributed by atoms with Crippen molar-refractivity contribution in [2.45, 2.75) is 44.2 Å². The van der Waals surface area contributed by atoms with Crippen molar-refractivity contribution in [1.82, 2.24) is 19.8 Å². The van der Waals surface area contributed by atoms with Gasteiger partial charge in [-0.3, -0.25) is 4.68 Å². The first-order chi connectivity index (χ1) is 9.44. The van der Waals surface area contributed by atoms with E-state index in [-0.39, 0.29) is 10.9 Å². The van der Waals surface area contributed by atoms with Crippen LogP contribution in [0.2, 0.25) is 0 Å². The number of aromatic nitrogens is 2. The zero-order valence-electron chi connectivity index (χ0n) is 12.3. The van der Waals surface area contributed by atoms with Crippen molar-refractivity contribution in [3.63, 3.8) is 0 Å². The van der Waals surface area contributed by atoms with Crippen molar-refractivity contribution in [3.8, 4) is 0 Å². The standard InChI is InChI=1S/C13H24N4O2S/c1-10-4-5-13(11(10)2)16-20(18,19)12-8-15-17(9-12)7-6-14-3/h8-11,13-14,16H,4-7H2,1-3H3. The Morgan fingerprint density at radius 1 is 1.40 bits per heavy atom. The molecule has 0 amide bonds. The minimum atomic E-state index is -3.46. The predicted octanol–water partition coefficient (Wildman–Crippen LogP) is 0.815. The molecule has 20 heavy (non-hydrogen) atoms. The van der Waals surface area contributed by atoms with Crippen molar-refractivity contribution in [2.24, 2.45) is 11.8 Å². The molecule has 2 N–H and O–H groups in total. The fourth-order valence-electron chi connectivity index (χ4n) is 2.63. The van der Waals surface area contributed by atoms with Gasteiger partial charge in [0.05, 0.1) is 12.7 Å². The van der Waals surface area contributed by atoms with Crippen LogP contribution in [0.15, 0.2) is 17.3 Å². The molecule has 1 aliphatic carbocycles. The molecule has 1 saturated carbocycles. The van der Waals surface area contributed by atoms with E-state index in [1.54, 1.807) is 10.9 Å². The Bertz CT molecular complexity index is 540. The van der Waals surface area contributed by atoms with E-state index in [0.717, 1.165) is 19.4 Å². The second-order valence-corrected chi connectivity index (χ2v) is 7.40. The Labute approximate surface area is 121 Å². The fraction of sp³-hybridized carbons (Fsp3) is 0.769. The van der Waals surface area contributed by atoms with Gasteiger partial charge in [0.2, 0.25) is 10.0 Å². The van der Waals surface area contributed by atoms with E-state index in [1.165, 1.54) is 6.20 Å². The molecular weight excluding hydrogens is 276 g/mol. The highest BCUT2D eigenvalue weighted by Crippen LogP contribution is 2.31. The van der Waals surface area contributed by atoms with Crippen LogP contribution in [0.4, 0.5) is 0 Å². The van der Waals surface area contributed by atoms with Gasteiger partial charge in [-0.25, -0.2) is 13.1 Å². The van der Waals surface area contributed by atoms with Crippen LogP contribution in [0.25, 0.3) is 0 Å². The number of hydrogen-bond acceptors (Lipinski definition) is 4. The average molecular weight is 300 g/mol. The first-order valence-corrected chi connectivity index (χ1v) is 8.61. The molecule has 114 valence electrons. The highest BCUT2D eigenvalue weighted by molar-refractivity contribution is 7.89. The molecule has 1 aromatic rings. The average Bonchev–Trinajstić information content (AvgIpc) is 2.99. The number of nitrogens with one attached hydrogen (secondary N) is 2. The van der Waals surface area contributed by atoms with E-state index in [2.05, 4.69) is 29.0 Å². The van der Waals surface area contributed by atoms with Crippen LogP contribution in [0.5, 0.6) is 0 Å². The molecule has 0 saturated heterocycles. The zero-order valence-corrected chi connectivity index (χ0v) is 13.2. The van der Waals surface area contributed by atoms with Crippen molar-refractivity contribution in [3.05, 3.63) is 12.4 Å². The largest absolute Gasteiger partial charge is 0.318 e. The Kier molecular flexibility index (Phi) is 4.82. The van der Waals surface area contributed by atoms with Crippen molar-refractivity contribution in [2.75, 3.05) is 13.6 Å². The fourth-order valence-corrected chi connectivity index (χ4v) is 3.94. The maximum Gasteiger partial charge on any atom is 0.243 e. The van der Waals surface area contributed by atoms with E-state index >= 15 is 0 Å². The molecule has 0 radical (unpaired) electrons. The van der Waals surface area contributed by atoms with Crippen LogP contribution in [0.1, 0.15) is 26.7 Å². The molecule has 2 rings (SSSR count). The number of sulfonamides is 1. The Balaban J connectivity index is 2.05. The maximum atomic E-state index is 12.3. The molecule has 1 fully saturated rings. The van der Waals surface area contributed by atoms with E-state index in [0.29, 0.717) is 18.4 Å². The summed E-state index contributed by atoms with van der Waals surface area (Å²) in [5.41, 5.74) is 0. The van der Waals surface area contributed by atoms with Gasteiger partial charge in [-0.1, -0.05) is 13.8 Å². The second-order valence-electron chi connectivity index (χ2n) is 5.68. The zero-order chi connectivity index (χ0) is 14.8. The molecule has 0 aromatic carbocycles. The maximum absolute atomic E-state index is 12.3. The molecule has 7 heteroatoms. The highest BCUT2D eigenvalue weighted by Gasteiger charge is 2.33. The van der Waals surface area contributed by atoms with Crippen LogP contribution in [0.3, 0.4) is 0 Å². The van der Waals surface area contributed by atoms with E-state index in [4.69, 9.17) is 0 Å². The summed E-state index contributed by atoms with van der Waals surface area (Å²) in [5, 5.41) is 7.09. The van der Waals surface area contributed by atoms with Gasteiger partial charge in [-0.15, -0.1) is 0 Å². The summed E-state index contributed by atoms with van der Waals surface area (Å²) in [6.07, 6.45) is 5.00. The molecule has 1 aromatic heterocycles. The third kappa shape index (κ3) is 3.39. The first-order valence-electron chi connectivity index (χ1n) is 7.13. The summed E-state index contributed by atoms with van der Waals surface area (Å²) in [6.45, 7) is 5.70. The number of rotatable bonds is 6. The number of nitrogens with zero attached hydrogens (tertiary/aromatic N) is 2. The van der Waals surface area contributed by atoms with Crippen LogP contribution >= 0.6 is 0 Å². The van der Waals surface area contributed by atoms with E-state index in [1.807, 2.05) is 7.05 Å². The molecule has 0 aliphatic heterocycles. The second kappa shape index (κ2) is 6.24. The summed E-state index contributed by atoms with van der Waals surface area (Å²) in [5.74, 6) is 0.949. The molecule has 1 heterocycles. The topological polar surface area (TPSA) is 76.0 Å². The van der Waals surface area contributed by atoms with Crippen LogP contribution in [-0.2, 0) is 16.6 Å². The molecule has 3 unspecified atom stereocenters. The van der Waals surface area contributed by atoms with Crippen LogP contribution in [-0.4, -0.2) is 37.8 Å². The molecular formula is C13H24N4O2S. The van der Waals surface area contributed by atoms with Gasteiger partial charge < -0.3 is 5.32 Å². The van der Waals surface area contributed by atoms with Gasteiger partial charge in [0.25, 0.3) is 0 Å². The van der Waals surface area contributed by atoms with Gasteiger partial charge in [0.1, 0.15) is 4.90 Å². The summed E-state index contributed by atoms with van der Waals surface area (Å²) < 4.78 is 29.2. The van der Waals surface area contributed by atoms with Gasteiger partial charge in [-0.05, 0) is 31.7 Å². The van der Waals surface area contributed by atoms with Gasteiger partial charge in [0, 0.05) is 18.8 Å². The van der Waals surface area contributed by atoms with E-state index in [9.17, 15) is 8.42 Å². The third-order valence-corrected chi connectivity index (χ3v) is 5.73. The van der Waals surface area contributed by atoms with Crippen LogP contribution in [0, 0.1) is 11.8 Å². The molecule has 6 nitrogen and oxygen atoms in total. The van der Waals surface area contributed by atoms with Crippen LogP contribution < -0.4 is 10.0 Å². The molecule has 0 spiro atoms. The third-order valence-electron chi connectivity index (χ3n) is 4.28. The minimum Gasteiger partial charge on any atom is -0.318 e. The Morgan fingerprint density at radius 3 is 2.75 bits per heavy atom. The number of hydrogen-bond donors (Lipinski definition) is 2. The highest BCUT2D eigenvalue weighted by atomic mass is 32.2. The summed E-state index contributed by atoms with van der Waals surface area (Å²) >= 11 is 0. The van der Waals surface area contributed by atoms with Gasteiger partial charge in [-0.2, -0.15) is 5.10 Å². The quantitative estimate of drug-likeness (QED) is 0.815. The summed E-state index contributed by atoms with van der Waals surface area (Å²) in [4.78, 5) is 0.250. The van der Waals surface area contributed by atoms with Gasteiger partial charge >= 0.3 is 0 Å². The lowest BCUT2D eigenvalue weighted by Crippen LogP contribution is -2.37. The van der Waals surface area contributed by atoms with Crippen molar-refractivity contribution in [1.29, 1.82) is 0 Å². The van der Waals surface area contributed by atoms with Crippen molar-refractivity contribution >= 4 is 10.0 Å². The Morgan fingerprint density at radius 2 is 2.15 bits per heavy atom. The van der Waals surface area contributed by atoms with E-state index < -0.39 is 10.0 Å². The normalized spacial score (nSPS) is 27.1. The number of likely N-dealkylation sites (N-methyl/N-ethyl adjacent to an activating group) is 1. The van der Waals surface area contributed by atoms with Crippen molar-refractivity contribution < 1.29 is 8.42 Å². The SMILES string of the molecule is CNCCn1cc(S(=O)(=O)NC2CCC(C)C2C)cn1. The lowest BCUT2D eigenvalue weighted by Gasteiger charge is -2.19. The molecule has 0 bridgehead atoms. The smallest absolute Gasteiger partial charge is 0.243 e. The van der Waals surface area contributed by atoms with Gasteiger partial charge in [0.15, 0.2) is 0 Å². The lowest BCUT2D eigenvalue weighted by molar-refractivity contribution is 0.402. The predicted molar refractivity (Wildman–Crippen MR) is 77.8 cm³/mol. The summed E-state index contributed by atoms with van der Waals surface area (Å²) in [6, 6.07) is 0.0376. The summed E-state index contributed by atoms with van der Waals surface area (Å²) in [7, 11) is -1.61. The molecule has 3 atom stereocenters. The minimum absolute atomic E-state index is 0.0376.